The fourth-order valence-electron chi connectivity index (χ4n) is 3.04. The molecule has 176 valence electrons. The van der Waals surface area contributed by atoms with Gasteiger partial charge < -0.3 is 24.6 Å². The Labute approximate surface area is 193 Å². The second-order valence-corrected chi connectivity index (χ2v) is 9.03. The van der Waals surface area contributed by atoms with Gasteiger partial charge >= 0.3 is 12.1 Å². The van der Waals surface area contributed by atoms with Gasteiger partial charge in [0.1, 0.15) is 5.60 Å². The van der Waals surface area contributed by atoms with Gasteiger partial charge in [-0.15, -0.1) is 0 Å². The summed E-state index contributed by atoms with van der Waals surface area (Å²) in [4.78, 5) is 51.5. The zero-order valence-corrected chi connectivity index (χ0v) is 19.6. The summed E-state index contributed by atoms with van der Waals surface area (Å²) >= 11 is 6.00. The number of ether oxygens (including phenoxy) is 2. The predicted molar refractivity (Wildman–Crippen MR) is 119 cm³/mol. The van der Waals surface area contributed by atoms with Crippen LogP contribution in [0.1, 0.15) is 33.6 Å². The SMILES string of the molecule is CN(CC(=O)Nc1ccccc1Cl)C(=O)COC(=O)C1CCN(C(=O)OC(C)(C)C)CC1. The maximum Gasteiger partial charge on any atom is 0.410 e. The number of anilines is 1. The molecule has 32 heavy (non-hydrogen) atoms. The number of benzene rings is 1. The van der Waals surface area contributed by atoms with Crippen LogP contribution in [0, 0.1) is 5.92 Å². The maximum absolute atomic E-state index is 12.3. The van der Waals surface area contributed by atoms with Crippen molar-refractivity contribution in [1.82, 2.24) is 9.80 Å². The summed E-state index contributed by atoms with van der Waals surface area (Å²) in [6.45, 7) is 5.48. The van der Waals surface area contributed by atoms with Crippen LogP contribution < -0.4 is 5.32 Å². The highest BCUT2D eigenvalue weighted by molar-refractivity contribution is 6.33. The second-order valence-electron chi connectivity index (χ2n) is 8.63. The molecule has 0 atom stereocenters. The standard InChI is InChI=1S/C22H30ClN3O6/c1-22(2,3)32-21(30)26-11-9-15(10-12-26)20(29)31-14-19(28)25(4)13-18(27)24-17-8-6-5-7-16(17)23/h5-8,15H,9-14H2,1-4H3,(H,24,27). The van der Waals surface area contributed by atoms with Gasteiger partial charge in [0, 0.05) is 20.1 Å². The van der Waals surface area contributed by atoms with Crippen LogP contribution in [0.5, 0.6) is 0 Å². The van der Waals surface area contributed by atoms with Crippen LogP contribution in [-0.2, 0) is 23.9 Å². The van der Waals surface area contributed by atoms with E-state index in [1.807, 2.05) is 0 Å². The Balaban J connectivity index is 1.72. The van der Waals surface area contributed by atoms with Crippen LogP contribution in [0.25, 0.3) is 0 Å². The maximum atomic E-state index is 12.3. The number of rotatable bonds is 6. The van der Waals surface area contributed by atoms with Crippen LogP contribution in [-0.4, -0.2) is 72.6 Å². The summed E-state index contributed by atoms with van der Waals surface area (Å²) in [6.07, 6.45) is 0.459. The molecule has 1 aromatic rings. The third-order valence-corrected chi connectivity index (χ3v) is 5.10. The van der Waals surface area contributed by atoms with Gasteiger partial charge in [-0.05, 0) is 45.7 Å². The fourth-order valence-corrected chi connectivity index (χ4v) is 3.22. The highest BCUT2D eigenvalue weighted by atomic mass is 35.5. The molecular formula is C22H30ClN3O6. The molecule has 10 heteroatoms. The number of esters is 1. The molecule has 9 nitrogen and oxygen atoms in total. The lowest BCUT2D eigenvalue weighted by molar-refractivity contribution is -0.156. The molecule has 1 heterocycles. The molecule has 0 aromatic heterocycles. The van der Waals surface area contributed by atoms with Gasteiger partial charge in [-0.1, -0.05) is 23.7 Å². The molecule has 1 fully saturated rings. The molecule has 0 bridgehead atoms. The number of nitrogens with one attached hydrogen (secondary N) is 1. The number of para-hydroxylation sites is 1. The number of piperidine rings is 1. The normalized spacial score (nSPS) is 14.5. The molecule has 0 aliphatic carbocycles. The second kappa shape index (κ2) is 11.2. The topological polar surface area (TPSA) is 105 Å². The molecule has 0 radical (unpaired) electrons. The number of hydrogen-bond donors (Lipinski definition) is 1. The first-order valence-corrected chi connectivity index (χ1v) is 10.8. The van der Waals surface area contributed by atoms with Crippen LogP contribution in [0.4, 0.5) is 10.5 Å². The Hall–Kier alpha value is -2.81. The molecule has 1 aliphatic rings. The highest BCUT2D eigenvalue weighted by Crippen LogP contribution is 2.21. The van der Waals surface area contributed by atoms with Crippen molar-refractivity contribution < 1.29 is 28.7 Å². The van der Waals surface area contributed by atoms with Crippen molar-refractivity contribution in [2.24, 2.45) is 5.92 Å². The van der Waals surface area contributed by atoms with Crippen molar-refractivity contribution in [1.29, 1.82) is 0 Å². The number of hydrogen-bond acceptors (Lipinski definition) is 6. The van der Waals surface area contributed by atoms with E-state index in [9.17, 15) is 19.2 Å². The Morgan fingerprint density at radius 2 is 1.78 bits per heavy atom. The fraction of sp³-hybridized carbons (Fsp3) is 0.545. The average Bonchev–Trinajstić information content (AvgIpc) is 2.72. The van der Waals surface area contributed by atoms with Crippen molar-refractivity contribution in [2.75, 3.05) is 38.6 Å². The van der Waals surface area contributed by atoms with E-state index in [2.05, 4.69) is 5.32 Å². The third-order valence-electron chi connectivity index (χ3n) is 4.77. The van der Waals surface area contributed by atoms with Crippen molar-refractivity contribution in [3.8, 4) is 0 Å². The molecule has 1 saturated heterocycles. The van der Waals surface area contributed by atoms with Crippen LogP contribution >= 0.6 is 11.6 Å². The van der Waals surface area contributed by atoms with Crippen molar-refractivity contribution in [3.05, 3.63) is 29.3 Å². The van der Waals surface area contributed by atoms with Gasteiger partial charge in [-0.2, -0.15) is 0 Å². The van der Waals surface area contributed by atoms with E-state index in [1.54, 1.807) is 49.9 Å². The van der Waals surface area contributed by atoms with Gasteiger partial charge in [-0.3, -0.25) is 14.4 Å². The van der Waals surface area contributed by atoms with Gasteiger partial charge in [0.05, 0.1) is 23.2 Å². The molecule has 0 saturated carbocycles. The molecule has 1 aliphatic heterocycles. The largest absolute Gasteiger partial charge is 0.455 e. The average molecular weight is 468 g/mol. The van der Waals surface area contributed by atoms with Crippen molar-refractivity contribution >= 4 is 41.2 Å². The van der Waals surface area contributed by atoms with Gasteiger partial charge in [0.15, 0.2) is 6.61 Å². The number of carbonyl (C=O) groups is 4. The van der Waals surface area contributed by atoms with E-state index in [-0.39, 0.29) is 6.54 Å². The molecule has 2 rings (SSSR count). The Morgan fingerprint density at radius 1 is 1.16 bits per heavy atom. The smallest absolute Gasteiger partial charge is 0.410 e. The Kier molecular flexibility index (Phi) is 8.89. The highest BCUT2D eigenvalue weighted by Gasteiger charge is 2.31. The summed E-state index contributed by atoms with van der Waals surface area (Å²) in [7, 11) is 1.45. The Bertz CT molecular complexity index is 846. The van der Waals surface area contributed by atoms with Crippen LogP contribution in [0.15, 0.2) is 24.3 Å². The van der Waals surface area contributed by atoms with E-state index in [0.717, 1.165) is 0 Å². The molecule has 0 unspecified atom stereocenters. The minimum Gasteiger partial charge on any atom is -0.455 e. The van der Waals surface area contributed by atoms with Crippen molar-refractivity contribution in [2.45, 2.75) is 39.2 Å². The van der Waals surface area contributed by atoms with Gasteiger partial charge in [0.2, 0.25) is 5.91 Å². The Morgan fingerprint density at radius 3 is 2.38 bits per heavy atom. The first kappa shape index (κ1) is 25.5. The lowest BCUT2D eigenvalue weighted by Crippen LogP contribution is -2.43. The molecule has 0 spiro atoms. The first-order valence-electron chi connectivity index (χ1n) is 10.4. The number of likely N-dealkylation sites (tertiary alicyclic amines) is 1. The number of halogens is 1. The monoisotopic (exact) mass is 467 g/mol. The first-order chi connectivity index (χ1) is 15.0. The van der Waals surface area contributed by atoms with E-state index in [1.165, 1.54) is 11.9 Å². The molecule has 1 N–H and O–H groups in total. The predicted octanol–water partition coefficient (Wildman–Crippen LogP) is 2.93. The molecule has 1 aromatic carbocycles. The summed E-state index contributed by atoms with van der Waals surface area (Å²) in [5.41, 5.74) is -0.132. The van der Waals surface area contributed by atoms with E-state index >= 15 is 0 Å². The van der Waals surface area contributed by atoms with Crippen LogP contribution in [0.2, 0.25) is 5.02 Å². The minimum atomic E-state index is -0.580. The number of carbonyl (C=O) groups excluding carboxylic acids is 4. The number of nitrogens with zero attached hydrogens (tertiary/aromatic N) is 2. The minimum absolute atomic E-state index is 0.212. The number of amides is 3. The third kappa shape index (κ3) is 8.03. The summed E-state index contributed by atoms with van der Waals surface area (Å²) in [5.74, 6) is -1.81. The van der Waals surface area contributed by atoms with Crippen LogP contribution in [0.3, 0.4) is 0 Å². The lowest BCUT2D eigenvalue weighted by Gasteiger charge is -2.32. The number of likely N-dealkylation sites (N-methyl/N-ethyl adjacent to an activating group) is 1. The zero-order chi connectivity index (χ0) is 23.9. The van der Waals surface area contributed by atoms with E-state index in [0.29, 0.717) is 36.6 Å². The quantitative estimate of drug-likeness (QED) is 0.645. The zero-order valence-electron chi connectivity index (χ0n) is 18.9. The summed E-state index contributed by atoms with van der Waals surface area (Å²) in [5, 5.41) is 3.02. The van der Waals surface area contributed by atoms with Gasteiger partial charge in [-0.25, -0.2) is 4.79 Å². The summed E-state index contributed by atoms with van der Waals surface area (Å²) < 4.78 is 10.5. The molecular weight excluding hydrogens is 438 g/mol. The van der Waals surface area contributed by atoms with E-state index in [4.69, 9.17) is 21.1 Å². The lowest BCUT2D eigenvalue weighted by atomic mass is 9.97. The molecule has 3 amide bonds. The van der Waals surface area contributed by atoms with Gasteiger partial charge in [0.25, 0.3) is 5.91 Å². The van der Waals surface area contributed by atoms with Crippen molar-refractivity contribution in [3.63, 3.8) is 0 Å². The summed E-state index contributed by atoms with van der Waals surface area (Å²) in [6, 6.07) is 6.76. The van der Waals surface area contributed by atoms with E-state index < -0.39 is 42.0 Å².